The smallest absolute Gasteiger partial charge is 0.322 e. The first-order chi connectivity index (χ1) is 11.4. The molecule has 1 saturated carbocycles. The lowest BCUT2D eigenvalue weighted by atomic mass is 9.63. The standard InChI is InChI=1S/C19H30N2O3/c1-6-12-21(16-13-17(24-7-2)19(16,3)4)18(22)20-14-8-10-15(23-5)11-9-14/h8-11,16-17H,6-7,12-13H2,1-5H3,(H,20,22)/t16-,17-/m1/s1. The molecular formula is C19H30N2O3. The fourth-order valence-corrected chi connectivity index (χ4v) is 3.39. The van der Waals surface area contributed by atoms with Gasteiger partial charge >= 0.3 is 6.03 Å². The number of carbonyl (C=O) groups is 1. The summed E-state index contributed by atoms with van der Waals surface area (Å²) in [5.74, 6) is 0.776. The third kappa shape index (κ3) is 3.83. The highest BCUT2D eigenvalue weighted by molar-refractivity contribution is 5.89. The summed E-state index contributed by atoms with van der Waals surface area (Å²) >= 11 is 0. The van der Waals surface area contributed by atoms with E-state index in [-0.39, 0.29) is 23.6 Å². The zero-order valence-corrected chi connectivity index (χ0v) is 15.5. The number of carbonyl (C=O) groups excluding carboxylic acids is 1. The van der Waals surface area contributed by atoms with Crippen LogP contribution in [0.4, 0.5) is 10.5 Å². The molecule has 0 aromatic heterocycles. The number of urea groups is 1. The number of amides is 2. The molecule has 1 fully saturated rings. The van der Waals surface area contributed by atoms with Gasteiger partial charge in [0.2, 0.25) is 0 Å². The van der Waals surface area contributed by atoms with E-state index >= 15 is 0 Å². The van der Waals surface area contributed by atoms with E-state index in [9.17, 15) is 4.79 Å². The predicted octanol–water partition coefficient (Wildman–Crippen LogP) is 4.14. The molecule has 1 aromatic rings. The van der Waals surface area contributed by atoms with E-state index in [1.165, 1.54) is 0 Å². The van der Waals surface area contributed by atoms with Crippen LogP contribution in [0.15, 0.2) is 24.3 Å². The van der Waals surface area contributed by atoms with Crippen LogP contribution in [0.3, 0.4) is 0 Å². The topological polar surface area (TPSA) is 50.8 Å². The van der Waals surface area contributed by atoms with Gasteiger partial charge in [-0.15, -0.1) is 0 Å². The maximum Gasteiger partial charge on any atom is 0.322 e. The quantitative estimate of drug-likeness (QED) is 0.815. The van der Waals surface area contributed by atoms with Gasteiger partial charge in [-0.1, -0.05) is 20.8 Å². The molecule has 5 heteroatoms. The summed E-state index contributed by atoms with van der Waals surface area (Å²) in [5, 5.41) is 3.00. The first-order valence-corrected chi connectivity index (χ1v) is 8.77. The summed E-state index contributed by atoms with van der Waals surface area (Å²) < 4.78 is 11.0. The van der Waals surface area contributed by atoms with Gasteiger partial charge in [-0.3, -0.25) is 0 Å². The summed E-state index contributed by atoms with van der Waals surface area (Å²) in [6.07, 6.45) is 2.05. The van der Waals surface area contributed by atoms with Crippen molar-refractivity contribution in [1.82, 2.24) is 4.90 Å². The summed E-state index contributed by atoms with van der Waals surface area (Å²) in [7, 11) is 1.63. The summed E-state index contributed by atoms with van der Waals surface area (Å²) in [5.41, 5.74) is 0.753. The third-order valence-corrected chi connectivity index (χ3v) is 4.94. The number of benzene rings is 1. The number of nitrogens with one attached hydrogen (secondary N) is 1. The Bertz CT molecular complexity index is 542. The second-order valence-corrected chi connectivity index (χ2v) is 6.87. The Morgan fingerprint density at radius 2 is 1.96 bits per heavy atom. The van der Waals surface area contributed by atoms with Crippen LogP contribution in [0.25, 0.3) is 0 Å². The van der Waals surface area contributed by atoms with Crippen molar-refractivity contribution in [2.45, 2.75) is 52.7 Å². The molecule has 0 unspecified atom stereocenters. The highest BCUT2D eigenvalue weighted by atomic mass is 16.5. The molecule has 2 atom stereocenters. The minimum Gasteiger partial charge on any atom is -0.497 e. The van der Waals surface area contributed by atoms with Crippen molar-refractivity contribution >= 4 is 11.7 Å². The Hall–Kier alpha value is -1.75. The zero-order valence-electron chi connectivity index (χ0n) is 15.5. The minimum absolute atomic E-state index is 0.0254. The van der Waals surface area contributed by atoms with Crippen LogP contribution in [0.5, 0.6) is 5.75 Å². The van der Waals surface area contributed by atoms with Gasteiger partial charge in [0.15, 0.2) is 0 Å². The molecule has 0 spiro atoms. The summed E-state index contributed by atoms with van der Waals surface area (Å²) in [6, 6.07) is 7.56. The van der Waals surface area contributed by atoms with Gasteiger partial charge in [-0.05, 0) is 44.0 Å². The van der Waals surface area contributed by atoms with E-state index in [0.717, 1.165) is 30.8 Å². The van der Waals surface area contributed by atoms with E-state index in [1.54, 1.807) is 7.11 Å². The van der Waals surface area contributed by atoms with E-state index in [2.05, 4.69) is 26.1 Å². The Kier molecular flexibility index (Phi) is 6.10. The van der Waals surface area contributed by atoms with Crippen molar-refractivity contribution in [2.24, 2.45) is 5.41 Å². The molecule has 24 heavy (non-hydrogen) atoms. The van der Waals surface area contributed by atoms with Gasteiger partial charge in [0.1, 0.15) is 5.75 Å². The molecule has 5 nitrogen and oxygen atoms in total. The van der Waals surface area contributed by atoms with E-state index in [4.69, 9.17) is 9.47 Å². The molecule has 0 heterocycles. The maximum atomic E-state index is 12.8. The number of anilines is 1. The lowest BCUT2D eigenvalue weighted by molar-refractivity contribution is -0.138. The maximum absolute atomic E-state index is 12.8. The average Bonchev–Trinajstić information content (AvgIpc) is 2.57. The van der Waals surface area contributed by atoms with Crippen LogP contribution < -0.4 is 10.1 Å². The number of rotatable bonds is 7. The number of hydrogen-bond donors (Lipinski definition) is 1. The Morgan fingerprint density at radius 3 is 2.46 bits per heavy atom. The molecule has 1 aliphatic carbocycles. The molecule has 1 aromatic carbocycles. The highest BCUT2D eigenvalue weighted by Crippen LogP contribution is 2.46. The van der Waals surface area contributed by atoms with Crippen molar-refractivity contribution in [3.8, 4) is 5.75 Å². The second-order valence-electron chi connectivity index (χ2n) is 6.87. The van der Waals surface area contributed by atoms with Gasteiger partial charge in [0.05, 0.1) is 13.2 Å². The Balaban J connectivity index is 2.05. The van der Waals surface area contributed by atoms with Gasteiger partial charge < -0.3 is 19.7 Å². The monoisotopic (exact) mass is 334 g/mol. The number of ether oxygens (including phenoxy) is 2. The van der Waals surface area contributed by atoms with Gasteiger partial charge in [0.25, 0.3) is 0 Å². The van der Waals surface area contributed by atoms with Crippen LogP contribution >= 0.6 is 0 Å². The van der Waals surface area contributed by atoms with Crippen molar-refractivity contribution in [3.05, 3.63) is 24.3 Å². The first kappa shape index (κ1) is 18.6. The highest BCUT2D eigenvalue weighted by Gasteiger charge is 2.52. The summed E-state index contributed by atoms with van der Waals surface area (Å²) in [4.78, 5) is 14.7. The molecule has 1 aliphatic rings. The van der Waals surface area contributed by atoms with Gasteiger partial charge in [-0.25, -0.2) is 4.79 Å². The van der Waals surface area contributed by atoms with Gasteiger partial charge in [0, 0.05) is 30.3 Å². The second kappa shape index (κ2) is 7.88. The number of hydrogen-bond acceptors (Lipinski definition) is 3. The Labute approximate surface area is 145 Å². The van der Waals surface area contributed by atoms with E-state index < -0.39 is 0 Å². The van der Waals surface area contributed by atoms with Crippen molar-refractivity contribution in [1.29, 1.82) is 0 Å². The number of nitrogens with zero attached hydrogens (tertiary/aromatic N) is 1. The van der Waals surface area contributed by atoms with Crippen molar-refractivity contribution < 1.29 is 14.3 Å². The first-order valence-electron chi connectivity index (χ1n) is 8.77. The molecule has 2 amide bonds. The fourth-order valence-electron chi connectivity index (χ4n) is 3.39. The zero-order chi connectivity index (χ0) is 17.7. The lowest BCUT2D eigenvalue weighted by Gasteiger charge is -2.55. The Morgan fingerprint density at radius 1 is 1.29 bits per heavy atom. The van der Waals surface area contributed by atoms with Crippen LogP contribution in [0, 0.1) is 5.41 Å². The van der Waals surface area contributed by atoms with Crippen LogP contribution in [0.2, 0.25) is 0 Å². The SMILES string of the molecule is CCCN(C(=O)Nc1ccc(OC)cc1)[C@@H]1C[C@@H](OCC)C1(C)C. The van der Waals surface area contributed by atoms with Crippen LogP contribution in [-0.2, 0) is 4.74 Å². The van der Waals surface area contributed by atoms with Crippen molar-refractivity contribution in [3.63, 3.8) is 0 Å². The number of methoxy groups -OCH3 is 1. The average molecular weight is 334 g/mol. The lowest BCUT2D eigenvalue weighted by Crippen LogP contribution is -2.64. The molecule has 134 valence electrons. The third-order valence-electron chi connectivity index (χ3n) is 4.94. The van der Waals surface area contributed by atoms with Crippen LogP contribution in [0.1, 0.15) is 40.5 Å². The summed E-state index contributed by atoms with van der Waals surface area (Å²) in [6.45, 7) is 9.94. The molecular weight excluding hydrogens is 304 g/mol. The van der Waals surface area contributed by atoms with E-state index in [0.29, 0.717) is 6.61 Å². The van der Waals surface area contributed by atoms with Crippen molar-refractivity contribution in [2.75, 3.05) is 25.6 Å². The van der Waals surface area contributed by atoms with E-state index in [1.807, 2.05) is 36.1 Å². The normalized spacial score (nSPS) is 21.7. The molecule has 0 bridgehead atoms. The van der Waals surface area contributed by atoms with Gasteiger partial charge in [-0.2, -0.15) is 0 Å². The predicted molar refractivity (Wildman–Crippen MR) is 96.6 cm³/mol. The molecule has 2 rings (SSSR count). The molecule has 1 N–H and O–H groups in total. The molecule has 0 radical (unpaired) electrons. The fraction of sp³-hybridized carbons (Fsp3) is 0.632. The van der Waals surface area contributed by atoms with Crippen LogP contribution in [-0.4, -0.2) is 43.3 Å². The molecule has 0 saturated heterocycles. The largest absolute Gasteiger partial charge is 0.497 e. The minimum atomic E-state index is -0.0463. The molecule has 0 aliphatic heterocycles.